The largest absolute Gasteiger partial charge is 0.340 e. The van der Waals surface area contributed by atoms with E-state index in [1.807, 2.05) is 41.0 Å². The van der Waals surface area contributed by atoms with Gasteiger partial charge in [-0.15, -0.1) is 0 Å². The predicted octanol–water partition coefficient (Wildman–Crippen LogP) is 2.74. The Bertz CT molecular complexity index is 978. The summed E-state index contributed by atoms with van der Waals surface area (Å²) in [5.41, 5.74) is 2.67. The number of rotatable bonds is 6. The molecular weight excluding hydrogens is 392 g/mol. The maximum atomic E-state index is 12.8. The minimum absolute atomic E-state index is 0.169. The van der Waals surface area contributed by atoms with Crippen molar-refractivity contribution in [2.45, 2.75) is 19.8 Å². The number of nitrogens with one attached hydrogen (secondary N) is 2. The van der Waals surface area contributed by atoms with Gasteiger partial charge in [-0.25, -0.2) is 0 Å². The van der Waals surface area contributed by atoms with Crippen LogP contribution in [0.15, 0.2) is 48.5 Å². The second-order valence-electron chi connectivity index (χ2n) is 8.29. The van der Waals surface area contributed by atoms with Gasteiger partial charge in [-0.2, -0.15) is 0 Å². The number of anilines is 2. The highest BCUT2D eigenvalue weighted by Crippen LogP contribution is 2.31. The van der Waals surface area contributed by atoms with Crippen LogP contribution in [0.25, 0.3) is 0 Å². The third kappa shape index (κ3) is 5.49. The van der Waals surface area contributed by atoms with Gasteiger partial charge in [-0.05, 0) is 49.6 Å². The van der Waals surface area contributed by atoms with Crippen LogP contribution in [0.5, 0.6) is 0 Å². The zero-order chi connectivity index (χ0) is 21.8. The van der Waals surface area contributed by atoms with E-state index in [0.29, 0.717) is 43.1 Å². The number of carbonyl (C=O) groups excluding carboxylic acids is 3. The molecule has 1 saturated carbocycles. The highest BCUT2D eigenvalue weighted by Gasteiger charge is 2.34. The lowest BCUT2D eigenvalue weighted by molar-refractivity contribution is -0.134. The van der Waals surface area contributed by atoms with E-state index in [4.69, 9.17) is 0 Å². The summed E-state index contributed by atoms with van der Waals surface area (Å²) in [5, 5.41) is 5.76. The summed E-state index contributed by atoms with van der Waals surface area (Å²) in [7, 11) is 0. The lowest BCUT2D eigenvalue weighted by atomic mass is 10.1. The van der Waals surface area contributed by atoms with Crippen molar-refractivity contribution in [1.29, 1.82) is 0 Å². The lowest BCUT2D eigenvalue weighted by Crippen LogP contribution is -2.50. The zero-order valence-corrected chi connectivity index (χ0v) is 17.8. The van der Waals surface area contributed by atoms with Crippen molar-refractivity contribution in [1.82, 2.24) is 9.80 Å². The molecule has 0 bridgehead atoms. The van der Waals surface area contributed by atoms with Crippen molar-refractivity contribution in [3.63, 3.8) is 0 Å². The van der Waals surface area contributed by atoms with Crippen LogP contribution in [0.2, 0.25) is 0 Å². The van der Waals surface area contributed by atoms with E-state index in [-0.39, 0.29) is 30.2 Å². The number of para-hydroxylation sites is 1. The number of hydrogen-bond acceptors (Lipinski definition) is 4. The lowest BCUT2D eigenvalue weighted by Gasteiger charge is -2.34. The Balaban J connectivity index is 1.32. The smallest absolute Gasteiger partial charge is 0.257 e. The van der Waals surface area contributed by atoms with Crippen molar-refractivity contribution < 1.29 is 14.4 Å². The molecule has 0 atom stereocenters. The van der Waals surface area contributed by atoms with Crippen molar-refractivity contribution in [3.05, 3.63) is 59.7 Å². The molecule has 7 nitrogen and oxygen atoms in total. The van der Waals surface area contributed by atoms with E-state index < -0.39 is 0 Å². The zero-order valence-electron chi connectivity index (χ0n) is 17.8. The second-order valence-corrected chi connectivity index (χ2v) is 8.29. The molecule has 1 heterocycles. The first-order valence-electron chi connectivity index (χ1n) is 10.8. The number of amides is 3. The Morgan fingerprint density at radius 2 is 1.68 bits per heavy atom. The minimum Gasteiger partial charge on any atom is -0.340 e. The van der Waals surface area contributed by atoms with Gasteiger partial charge in [0.15, 0.2) is 0 Å². The summed E-state index contributed by atoms with van der Waals surface area (Å²) in [5.74, 6) is 0.0569. The Morgan fingerprint density at radius 1 is 0.935 bits per heavy atom. The normalized spacial score (nSPS) is 16.6. The molecule has 2 aromatic carbocycles. The number of carbonyl (C=O) groups is 3. The molecule has 162 valence electrons. The van der Waals surface area contributed by atoms with Gasteiger partial charge in [0.2, 0.25) is 11.8 Å². The van der Waals surface area contributed by atoms with Gasteiger partial charge in [-0.1, -0.05) is 24.3 Å². The molecule has 2 N–H and O–H groups in total. The average Bonchev–Trinajstić information content (AvgIpc) is 3.59. The van der Waals surface area contributed by atoms with Gasteiger partial charge in [-0.3, -0.25) is 19.3 Å². The molecule has 1 saturated heterocycles. The average molecular weight is 421 g/mol. The fourth-order valence-electron chi connectivity index (χ4n) is 3.82. The van der Waals surface area contributed by atoms with Crippen molar-refractivity contribution in [3.8, 4) is 0 Å². The number of piperazine rings is 1. The Labute approximate surface area is 182 Å². The van der Waals surface area contributed by atoms with Crippen LogP contribution < -0.4 is 10.6 Å². The first kappa shape index (κ1) is 21.1. The molecular formula is C24H28N4O3. The number of nitrogens with zero attached hydrogens (tertiary/aromatic N) is 2. The molecule has 4 rings (SSSR count). The van der Waals surface area contributed by atoms with Crippen molar-refractivity contribution in [2.24, 2.45) is 5.92 Å². The molecule has 0 unspecified atom stereocenters. The molecule has 0 radical (unpaired) electrons. The van der Waals surface area contributed by atoms with Crippen LogP contribution in [0.3, 0.4) is 0 Å². The Kier molecular flexibility index (Phi) is 6.32. The summed E-state index contributed by atoms with van der Waals surface area (Å²) in [6, 6.07) is 14.6. The monoisotopic (exact) mass is 420 g/mol. The summed E-state index contributed by atoms with van der Waals surface area (Å²) < 4.78 is 0. The SMILES string of the molecule is Cc1cccc(NC(=O)c2ccccc2NC(=O)CN2CCN(C(=O)C3CC3)CC2)c1. The molecule has 0 aromatic heterocycles. The number of benzene rings is 2. The van der Waals surface area contributed by atoms with Gasteiger partial charge in [0.25, 0.3) is 5.91 Å². The highest BCUT2D eigenvalue weighted by molar-refractivity contribution is 6.10. The van der Waals surface area contributed by atoms with Crippen LogP contribution in [0.1, 0.15) is 28.8 Å². The van der Waals surface area contributed by atoms with Crippen LogP contribution in [-0.4, -0.2) is 60.2 Å². The van der Waals surface area contributed by atoms with Crippen LogP contribution in [-0.2, 0) is 9.59 Å². The summed E-state index contributed by atoms with van der Waals surface area (Å²) in [4.78, 5) is 41.5. The third-order valence-electron chi connectivity index (χ3n) is 5.70. The Hall–Kier alpha value is -3.19. The topological polar surface area (TPSA) is 81.8 Å². The minimum atomic E-state index is -0.270. The number of aryl methyl sites for hydroxylation is 1. The van der Waals surface area contributed by atoms with Crippen LogP contribution >= 0.6 is 0 Å². The molecule has 2 aliphatic rings. The molecule has 2 aromatic rings. The van der Waals surface area contributed by atoms with Crippen molar-refractivity contribution >= 4 is 29.1 Å². The maximum Gasteiger partial charge on any atom is 0.257 e. The van der Waals surface area contributed by atoms with E-state index in [2.05, 4.69) is 10.6 Å². The van der Waals surface area contributed by atoms with Gasteiger partial charge in [0.05, 0.1) is 17.8 Å². The summed E-state index contributed by atoms with van der Waals surface area (Å²) in [6.07, 6.45) is 2.02. The van der Waals surface area contributed by atoms with Gasteiger partial charge >= 0.3 is 0 Å². The van der Waals surface area contributed by atoms with Crippen LogP contribution in [0.4, 0.5) is 11.4 Å². The van der Waals surface area contributed by atoms with Gasteiger partial charge in [0, 0.05) is 37.8 Å². The fraction of sp³-hybridized carbons (Fsp3) is 0.375. The van der Waals surface area contributed by atoms with Gasteiger partial charge < -0.3 is 15.5 Å². The van der Waals surface area contributed by atoms with E-state index in [1.165, 1.54) is 0 Å². The highest BCUT2D eigenvalue weighted by atomic mass is 16.2. The molecule has 3 amide bonds. The molecule has 7 heteroatoms. The first-order chi connectivity index (χ1) is 15.0. The standard InChI is InChI=1S/C24H28N4O3/c1-17-5-4-6-19(15-17)25-23(30)20-7-2-3-8-21(20)26-22(29)16-27-11-13-28(14-12-27)24(31)18-9-10-18/h2-8,15,18H,9-14,16H2,1H3,(H,25,30)(H,26,29). The van der Waals surface area contributed by atoms with Crippen LogP contribution in [0, 0.1) is 12.8 Å². The fourth-order valence-corrected chi connectivity index (χ4v) is 3.82. The first-order valence-corrected chi connectivity index (χ1v) is 10.8. The maximum absolute atomic E-state index is 12.8. The molecule has 0 spiro atoms. The van der Waals surface area contributed by atoms with E-state index in [0.717, 1.165) is 18.4 Å². The quantitative estimate of drug-likeness (QED) is 0.753. The predicted molar refractivity (Wildman–Crippen MR) is 120 cm³/mol. The van der Waals surface area contributed by atoms with E-state index in [9.17, 15) is 14.4 Å². The summed E-state index contributed by atoms with van der Waals surface area (Å²) in [6.45, 7) is 4.89. The van der Waals surface area contributed by atoms with Gasteiger partial charge in [0.1, 0.15) is 0 Å². The van der Waals surface area contributed by atoms with E-state index >= 15 is 0 Å². The molecule has 31 heavy (non-hydrogen) atoms. The third-order valence-corrected chi connectivity index (χ3v) is 5.70. The van der Waals surface area contributed by atoms with E-state index in [1.54, 1.807) is 24.3 Å². The molecule has 1 aliphatic heterocycles. The Morgan fingerprint density at radius 3 is 2.39 bits per heavy atom. The molecule has 1 aliphatic carbocycles. The summed E-state index contributed by atoms with van der Waals surface area (Å²) >= 11 is 0. The van der Waals surface area contributed by atoms with Crippen molar-refractivity contribution in [2.75, 3.05) is 43.4 Å². The molecule has 2 fully saturated rings. The number of hydrogen-bond donors (Lipinski definition) is 2. The second kappa shape index (κ2) is 9.31.